The van der Waals surface area contributed by atoms with Crippen LogP contribution in [0.15, 0.2) is 34.5 Å². The second-order valence-electron chi connectivity index (χ2n) is 4.14. The van der Waals surface area contributed by atoms with Crippen molar-refractivity contribution in [3.8, 4) is 11.3 Å². The molecular weight excluding hydrogens is 282 g/mol. The molecule has 0 radical (unpaired) electrons. The monoisotopic (exact) mass is 297 g/mol. The molecular formula is C12H15N3O2S2. The van der Waals surface area contributed by atoms with Crippen LogP contribution in [0, 0.1) is 0 Å². The lowest BCUT2D eigenvalue weighted by molar-refractivity contribution is 0.521. The normalized spacial score (nSPS) is 12.0. The third kappa shape index (κ3) is 2.84. The van der Waals surface area contributed by atoms with Crippen LogP contribution in [-0.4, -0.2) is 31.8 Å². The van der Waals surface area contributed by atoms with Crippen LogP contribution in [0.4, 0.5) is 0 Å². The van der Waals surface area contributed by atoms with Crippen LogP contribution in [-0.2, 0) is 16.6 Å². The number of hydrogen-bond donors (Lipinski definition) is 1. The van der Waals surface area contributed by atoms with Gasteiger partial charge in [-0.2, -0.15) is 0 Å². The number of hydrogen-bond acceptors (Lipinski definition) is 5. The van der Waals surface area contributed by atoms with Crippen molar-refractivity contribution in [1.29, 1.82) is 0 Å². The highest BCUT2D eigenvalue weighted by molar-refractivity contribution is 7.89. The van der Waals surface area contributed by atoms with Crippen LogP contribution in [0.5, 0.6) is 0 Å². The molecule has 1 aromatic carbocycles. The van der Waals surface area contributed by atoms with Gasteiger partial charge in [0.05, 0.1) is 10.6 Å². The van der Waals surface area contributed by atoms with Crippen molar-refractivity contribution in [2.24, 2.45) is 5.73 Å². The molecule has 0 aliphatic carbocycles. The van der Waals surface area contributed by atoms with Gasteiger partial charge in [-0.3, -0.25) is 0 Å². The molecule has 0 aliphatic rings. The Morgan fingerprint density at radius 1 is 1.26 bits per heavy atom. The fourth-order valence-electron chi connectivity index (χ4n) is 1.55. The lowest BCUT2D eigenvalue weighted by Crippen LogP contribution is -2.22. The SMILES string of the molecule is CN(C)S(=O)(=O)c1ccc(-c2csc(CN)n2)cc1. The fraction of sp³-hybridized carbons (Fsp3) is 0.250. The van der Waals surface area contributed by atoms with Gasteiger partial charge in [0.25, 0.3) is 0 Å². The number of thiazole rings is 1. The van der Waals surface area contributed by atoms with Gasteiger partial charge in [-0.05, 0) is 12.1 Å². The maximum absolute atomic E-state index is 11.9. The first kappa shape index (κ1) is 14.1. The zero-order chi connectivity index (χ0) is 14.0. The van der Waals surface area contributed by atoms with Gasteiger partial charge in [-0.25, -0.2) is 17.7 Å². The van der Waals surface area contributed by atoms with Crippen molar-refractivity contribution in [2.45, 2.75) is 11.4 Å². The quantitative estimate of drug-likeness (QED) is 0.928. The second-order valence-corrected chi connectivity index (χ2v) is 7.24. The van der Waals surface area contributed by atoms with E-state index in [0.717, 1.165) is 16.3 Å². The molecule has 0 fully saturated rings. The Bertz CT molecular complexity index is 661. The van der Waals surface area contributed by atoms with Crippen LogP contribution in [0.2, 0.25) is 0 Å². The zero-order valence-electron chi connectivity index (χ0n) is 10.7. The van der Waals surface area contributed by atoms with Crippen molar-refractivity contribution >= 4 is 21.4 Å². The Morgan fingerprint density at radius 2 is 1.89 bits per heavy atom. The standard InChI is InChI=1S/C12H15N3O2S2/c1-15(2)19(16,17)10-5-3-9(4-6-10)11-8-18-12(7-13)14-11/h3-6,8H,7,13H2,1-2H3. The predicted octanol–water partition coefficient (Wildman–Crippen LogP) is 1.52. The molecule has 2 rings (SSSR count). The van der Waals surface area contributed by atoms with E-state index in [1.807, 2.05) is 5.38 Å². The van der Waals surface area contributed by atoms with Crippen molar-refractivity contribution in [3.05, 3.63) is 34.7 Å². The molecule has 1 heterocycles. The molecule has 0 spiro atoms. The van der Waals surface area contributed by atoms with Crippen LogP contribution in [0.3, 0.4) is 0 Å². The molecule has 0 saturated heterocycles. The summed E-state index contributed by atoms with van der Waals surface area (Å²) < 4.78 is 25.0. The number of aromatic nitrogens is 1. The van der Waals surface area contributed by atoms with Crippen molar-refractivity contribution in [3.63, 3.8) is 0 Å². The molecule has 0 bridgehead atoms. The summed E-state index contributed by atoms with van der Waals surface area (Å²) in [6, 6.07) is 6.69. The summed E-state index contributed by atoms with van der Waals surface area (Å²) >= 11 is 1.50. The minimum Gasteiger partial charge on any atom is -0.325 e. The predicted molar refractivity (Wildman–Crippen MR) is 76.3 cm³/mol. The van der Waals surface area contributed by atoms with E-state index in [2.05, 4.69) is 4.98 Å². The third-order valence-corrected chi connectivity index (χ3v) is 5.36. The van der Waals surface area contributed by atoms with Gasteiger partial charge < -0.3 is 5.73 Å². The molecule has 2 N–H and O–H groups in total. The third-order valence-electron chi connectivity index (χ3n) is 2.66. The van der Waals surface area contributed by atoms with Crippen LogP contribution >= 0.6 is 11.3 Å². The second kappa shape index (κ2) is 5.38. The Balaban J connectivity index is 2.33. The smallest absolute Gasteiger partial charge is 0.242 e. The summed E-state index contributed by atoms with van der Waals surface area (Å²) in [5.41, 5.74) is 7.22. The maximum atomic E-state index is 11.9. The summed E-state index contributed by atoms with van der Waals surface area (Å²) in [5.74, 6) is 0. The topological polar surface area (TPSA) is 76.3 Å². The highest BCUT2D eigenvalue weighted by atomic mass is 32.2. The Kier molecular flexibility index (Phi) is 4.00. The number of sulfonamides is 1. The number of rotatable bonds is 4. The average molecular weight is 297 g/mol. The fourth-order valence-corrected chi connectivity index (χ4v) is 3.13. The molecule has 0 amide bonds. The first-order valence-corrected chi connectivity index (χ1v) is 7.94. The Morgan fingerprint density at radius 3 is 2.37 bits per heavy atom. The van der Waals surface area contributed by atoms with E-state index in [1.165, 1.54) is 29.7 Å². The summed E-state index contributed by atoms with van der Waals surface area (Å²) in [7, 11) is -0.358. The van der Waals surface area contributed by atoms with Crippen molar-refractivity contribution in [2.75, 3.05) is 14.1 Å². The van der Waals surface area contributed by atoms with Crippen molar-refractivity contribution < 1.29 is 8.42 Å². The maximum Gasteiger partial charge on any atom is 0.242 e. The van der Waals surface area contributed by atoms with Gasteiger partial charge in [-0.15, -0.1) is 11.3 Å². The van der Waals surface area contributed by atoms with E-state index < -0.39 is 10.0 Å². The molecule has 0 aliphatic heterocycles. The molecule has 0 unspecified atom stereocenters. The molecule has 0 atom stereocenters. The van der Waals surface area contributed by atoms with Crippen LogP contribution in [0.25, 0.3) is 11.3 Å². The van der Waals surface area contributed by atoms with Crippen molar-refractivity contribution in [1.82, 2.24) is 9.29 Å². The van der Waals surface area contributed by atoms with E-state index in [-0.39, 0.29) is 4.90 Å². The summed E-state index contributed by atoms with van der Waals surface area (Å²) in [6.07, 6.45) is 0. The van der Waals surface area contributed by atoms with E-state index in [9.17, 15) is 8.42 Å². The molecule has 0 saturated carbocycles. The van der Waals surface area contributed by atoms with Gasteiger partial charge in [0, 0.05) is 31.6 Å². The first-order valence-electron chi connectivity index (χ1n) is 5.62. The molecule has 1 aromatic heterocycles. The van der Waals surface area contributed by atoms with Gasteiger partial charge in [0.2, 0.25) is 10.0 Å². The van der Waals surface area contributed by atoms with Gasteiger partial charge in [0.1, 0.15) is 5.01 Å². The van der Waals surface area contributed by atoms with E-state index in [1.54, 1.807) is 24.3 Å². The summed E-state index contributed by atoms with van der Waals surface area (Å²) in [4.78, 5) is 4.63. The molecule has 7 heteroatoms. The van der Waals surface area contributed by atoms with Gasteiger partial charge >= 0.3 is 0 Å². The van der Waals surface area contributed by atoms with E-state index in [4.69, 9.17) is 5.73 Å². The molecule has 5 nitrogen and oxygen atoms in total. The number of nitrogens with zero attached hydrogens (tertiary/aromatic N) is 2. The molecule has 19 heavy (non-hydrogen) atoms. The van der Waals surface area contributed by atoms with E-state index in [0.29, 0.717) is 6.54 Å². The molecule has 2 aromatic rings. The lowest BCUT2D eigenvalue weighted by atomic mass is 10.2. The minimum atomic E-state index is -3.38. The van der Waals surface area contributed by atoms with Crippen LogP contribution in [0.1, 0.15) is 5.01 Å². The largest absolute Gasteiger partial charge is 0.325 e. The Hall–Kier alpha value is -1.28. The lowest BCUT2D eigenvalue weighted by Gasteiger charge is -2.11. The zero-order valence-corrected chi connectivity index (χ0v) is 12.3. The highest BCUT2D eigenvalue weighted by Crippen LogP contribution is 2.23. The Labute approximate surface area is 116 Å². The summed E-state index contributed by atoms with van der Waals surface area (Å²) in [5, 5.41) is 2.78. The van der Waals surface area contributed by atoms with E-state index >= 15 is 0 Å². The first-order chi connectivity index (χ1) is 8.95. The minimum absolute atomic E-state index is 0.274. The molecule has 102 valence electrons. The van der Waals surface area contributed by atoms with Crippen LogP contribution < -0.4 is 5.73 Å². The summed E-state index contributed by atoms with van der Waals surface area (Å²) in [6.45, 7) is 0.414. The van der Waals surface area contributed by atoms with Gasteiger partial charge in [0.15, 0.2) is 0 Å². The average Bonchev–Trinajstić information content (AvgIpc) is 2.87. The number of nitrogens with two attached hydrogens (primary N) is 1. The van der Waals surface area contributed by atoms with Gasteiger partial charge in [-0.1, -0.05) is 12.1 Å². The number of benzene rings is 1. The highest BCUT2D eigenvalue weighted by Gasteiger charge is 2.16.